The number of carbonyl (C=O) groups excluding carboxylic acids is 1. The number of aliphatic imine (C=N–C) groups is 1. The molecule has 0 aromatic carbocycles. The lowest BCUT2D eigenvalue weighted by Gasteiger charge is -1.88. The molecule has 1 N–H and O–H groups in total. The number of rotatable bonds is 2. The first kappa shape index (κ1) is 9.33. The van der Waals surface area contributed by atoms with Crippen molar-refractivity contribution in [3.8, 4) is 0 Å². The average molecular weight is 201 g/mol. The zero-order valence-corrected chi connectivity index (χ0v) is 7.88. The van der Waals surface area contributed by atoms with Crippen LogP contribution in [0.1, 0.15) is 16.1 Å². The van der Waals surface area contributed by atoms with E-state index in [1.54, 1.807) is 36.7 Å². The number of aromatic amines is 1. The van der Waals surface area contributed by atoms with Crippen molar-refractivity contribution in [2.45, 2.75) is 0 Å². The van der Waals surface area contributed by atoms with Crippen molar-refractivity contribution in [1.29, 1.82) is 0 Å². The molecule has 0 aliphatic carbocycles. The molecular formula is C11H9N2O2+. The lowest BCUT2D eigenvalue weighted by atomic mass is 10.3. The molecule has 0 atom stereocenters. The number of H-pyrrole nitrogens is 1. The quantitative estimate of drug-likeness (QED) is 0.688. The van der Waals surface area contributed by atoms with Crippen molar-refractivity contribution in [3.63, 3.8) is 0 Å². The molecule has 4 heteroatoms. The smallest absolute Gasteiger partial charge is 0.283 e. The van der Waals surface area contributed by atoms with Gasteiger partial charge in [0, 0.05) is 6.07 Å². The van der Waals surface area contributed by atoms with Gasteiger partial charge in [-0.05, 0) is 18.2 Å². The zero-order chi connectivity index (χ0) is 10.5. The number of amides is 1. The summed E-state index contributed by atoms with van der Waals surface area (Å²) in [5.74, 6) is 0.256. The summed E-state index contributed by atoms with van der Waals surface area (Å²) in [7, 11) is 0. The Balaban J connectivity index is 2.11. The van der Waals surface area contributed by atoms with Crippen LogP contribution in [-0.2, 0) is 0 Å². The van der Waals surface area contributed by atoms with Gasteiger partial charge in [0.2, 0.25) is 0 Å². The summed E-state index contributed by atoms with van der Waals surface area (Å²) in [6.07, 6.45) is 6.26. The van der Waals surface area contributed by atoms with Crippen LogP contribution in [-0.4, -0.2) is 12.1 Å². The van der Waals surface area contributed by atoms with E-state index in [0.717, 1.165) is 0 Å². The van der Waals surface area contributed by atoms with Crippen LogP contribution in [0.3, 0.4) is 0 Å². The maximum Gasteiger partial charge on any atom is 0.283 e. The van der Waals surface area contributed by atoms with Crippen molar-refractivity contribution >= 4 is 12.1 Å². The molecule has 0 unspecified atom stereocenters. The molecule has 2 rings (SSSR count). The highest BCUT2D eigenvalue weighted by molar-refractivity contribution is 6.00. The molecule has 1 amide bonds. The Labute approximate surface area is 86.3 Å². The first-order valence-corrected chi connectivity index (χ1v) is 4.44. The molecule has 0 fully saturated rings. The molecule has 0 aliphatic rings. The molecule has 74 valence electrons. The summed E-state index contributed by atoms with van der Waals surface area (Å²) in [6.45, 7) is 0. The molecule has 0 spiro atoms. The van der Waals surface area contributed by atoms with Gasteiger partial charge in [-0.1, -0.05) is 0 Å². The number of aromatic nitrogens is 1. The van der Waals surface area contributed by atoms with Crippen molar-refractivity contribution in [3.05, 3.63) is 54.2 Å². The number of carbonyl (C=O) groups is 1. The van der Waals surface area contributed by atoms with Crippen molar-refractivity contribution in [1.82, 2.24) is 0 Å². The summed E-state index contributed by atoms with van der Waals surface area (Å²) in [6, 6.07) is 6.91. The van der Waals surface area contributed by atoms with E-state index in [0.29, 0.717) is 11.3 Å². The maximum atomic E-state index is 11.5. The van der Waals surface area contributed by atoms with Crippen LogP contribution in [0.25, 0.3) is 0 Å². The fourth-order valence-electron chi connectivity index (χ4n) is 1.09. The second-order valence-electron chi connectivity index (χ2n) is 2.87. The largest absolute Gasteiger partial charge is 0.463 e. The van der Waals surface area contributed by atoms with E-state index in [9.17, 15) is 4.79 Å². The van der Waals surface area contributed by atoms with Crippen molar-refractivity contribution < 1.29 is 14.2 Å². The molecule has 2 heterocycles. The van der Waals surface area contributed by atoms with Gasteiger partial charge < -0.3 is 4.42 Å². The molecule has 2 aromatic rings. The Hall–Kier alpha value is -2.23. The Kier molecular flexibility index (Phi) is 2.69. The van der Waals surface area contributed by atoms with E-state index in [1.807, 2.05) is 0 Å². The molecule has 0 aliphatic heterocycles. The predicted molar refractivity (Wildman–Crippen MR) is 53.6 cm³/mol. The van der Waals surface area contributed by atoms with Crippen molar-refractivity contribution in [2.24, 2.45) is 4.99 Å². The van der Waals surface area contributed by atoms with E-state index in [4.69, 9.17) is 4.42 Å². The Morgan fingerprint density at radius 3 is 3.00 bits per heavy atom. The van der Waals surface area contributed by atoms with Crippen LogP contribution in [0.2, 0.25) is 0 Å². The van der Waals surface area contributed by atoms with Gasteiger partial charge in [0.15, 0.2) is 12.4 Å². The lowest BCUT2D eigenvalue weighted by molar-refractivity contribution is -0.378. The minimum atomic E-state index is -0.303. The third-order valence-electron chi connectivity index (χ3n) is 1.81. The molecular weight excluding hydrogens is 192 g/mol. The van der Waals surface area contributed by atoms with Gasteiger partial charge in [-0.3, -0.25) is 4.79 Å². The fourth-order valence-corrected chi connectivity index (χ4v) is 1.09. The van der Waals surface area contributed by atoms with E-state index >= 15 is 0 Å². The topological polar surface area (TPSA) is 56.7 Å². The summed E-state index contributed by atoms with van der Waals surface area (Å²) in [4.78, 5) is 18.1. The monoisotopic (exact) mass is 201 g/mol. The summed E-state index contributed by atoms with van der Waals surface area (Å²) in [5, 5.41) is 0. The van der Waals surface area contributed by atoms with Crippen LogP contribution in [0.5, 0.6) is 0 Å². The first-order chi connectivity index (χ1) is 7.36. The Bertz CT molecular complexity index is 461. The standard InChI is InChI=1S/C11H8N2O2/c14-11(9-3-1-5-12-7-9)13-8-10-4-2-6-15-10/h1-8H/p+1. The van der Waals surface area contributed by atoms with Crippen LogP contribution in [0, 0.1) is 0 Å². The number of furan rings is 1. The van der Waals surface area contributed by atoms with Crippen molar-refractivity contribution in [2.75, 3.05) is 0 Å². The minimum Gasteiger partial charge on any atom is -0.463 e. The highest BCUT2D eigenvalue weighted by Crippen LogP contribution is 1.99. The second kappa shape index (κ2) is 4.32. The first-order valence-electron chi connectivity index (χ1n) is 4.44. The SMILES string of the molecule is O=C(N=Cc1ccco1)c1ccc[nH+]c1. The van der Waals surface area contributed by atoms with Gasteiger partial charge in [0.1, 0.15) is 11.3 Å². The minimum absolute atomic E-state index is 0.303. The second-order valence-corrected chi connectivity index (χ2v) is 2.87. The van der Waals surface area contributed by atoms with Gasteiger partial charge in [0.05, 0.1) is 12.5 Å². The Morgan fingerprint density at radius 2 is 2.33 bits per heavy atom. The van der Waals surface area contributed by atoms with Crippen LogP contribution in [0.15, 0.2) is 52.3 Å². The maximum absolute atomic E-state index is 11.5. The highest BCUT2D eigenvalue weighted by Gasteiger charge is 2.04. The number of nitrogens with zero attached hydrogens (tertiary/aromatic N) is 1. The molecule has 0 bridgehead atoms. The van der Waals surface area contributed by atoms with Gasteiger partial charge >= 0.3 is 0 Å². The molecule has 15 heavy (non-hydrogen) atoms. The number of pyridine rings is 1. The molecule has 0 radical (unpaired) electrons. The zero-order valence-electron chi connectivity index (χ0n) is 7.88. The third kappa shape index (κ3) is 2.37. The lowest BCUT2D eigenvalue weighted by Crippen LogP contribution is -2.04. The summed E-state index contributed by atoms with van der Waals surface area (Å²) < 4.78 is 5.01. The summed E-state index contributed by atoms with van der Waals surface area (Å²) in [5.41, 5.74) is 0.514. The number of hydrogen-bond acceptors (Lipinski definition) is 2. The van der Waals surface area contributed by atoms with Gasteiger partial charge in [0.25, 0.3) is 5.91 Å². The van der Waals surface area contributed by atoms with Crippen LogP contribution >= 0.6 is 0 Å². The normalized spacial score (nSPS) is 10.7. The summed E-state index contributed by atoms with van der Waals surface area (Å²) >= 11 is 0. The van der Waals surface area contributed by atoms with Crippen LogP contribution in [0.4, 0.5) is 0 Å². The van der Waals surface area contributed by atoms with E-state index in [-0.39, 0.29) is 5.91 Å². The number of hydrogen-bond donors (Lipinski definition) is 0. The average Bonchev–Trinajstić information content (AvgIpc) is 2.80. The molecule has 0 saturated carbocycles. The Morgan fingerprint density at radius 1 is 1.40 bits per heavy atom. The third-order valence-corrected chi connectivity index (χ3v) is 1.81. The van der Waals surface area contributed by atoms with E-state index in [2.05, 4.69) is 9.98 Å². The fraction of sp³-hybridized carbons (Fsp3) is 0. The van der Waals surface area contributed by atoms with Gasteiger partial charge in [-0.25, -0.2) is 9.98 Å². The molecule has 0 saturated heterocycles. The molecule has 4 nitrogen and oxygen atoms in total. The number of nitrogens with one attached hydrogen (secondary N) is 1. The van der Waals surface area contributed by atoms with Crippen LogP contribution < -0.4 is 4.98 Å². The predicted octanol–water partition coefficient (Wildman–Crippen LogP) is 1.35. The van der Waals surface area contributed by atoms with Gasteiger partial charge in [-0.15, -0.1) is 0 Å². The van der Waals surface area contributed by atoms with E-state index in [1.165, 1.54) is 12.5 Å². The molecule has 2 aromatic heterocycles. The highest BCUT2D eigenvalue weighted by atomic mass is 16.3. The van der Waals surface area contributed by atoms with E-state index < -0.39 is 0 Å². The van der Waals surface area contributed by atoms with Gasteiger partial charge in [-0.2, -0.15) is 0 Å².